The summed E-state index contributed by atoms with van der Waals surface area (Å²) < 4.78 is 1.62. The summed E-state index contributed by atoms with van der Waals surface area (Å²) in [5, 5.41) is 7.08. The summed E-state index contributed by atoms with van der Waals surface area (Å²) in [6, 6.07) is 14.7. The van der Waals surface area contributed by atoms with Gasteiger partial charge in [-0.15, -0.1) is 0 Å². The second kappa shape index (κ2) is 8.76. The Morgan fingerprint density at radius 3 is 2.61 bits per heavy atom. The molecule has 2 heterocycles. The highest BCUT2D eigenvalue weighted by Crippen LogP contribution is 2.28. The standard InChI is InChI=1S/C25H28N4O2/c1-17-10-18(2)12-20(11-17)23-7-5-4-6-19(23)13-21-16-29(9-8-26-24(21)30)25(31)22-14-27-28(3)15-22/h4-7,10-12,14-15,21H,8-9,13,16H2,1-3H3,(H,26,30)/t21-/m0/s1. The lowest BCUT2D eigenvalue weighted by molar-refractivity contribution is -0.124. The molecule has 1 N–H and O–H groups in total. The van der Waals surface area contributed by atoms with E-state index in [2.05, 4.69) is 54.6 Å². The van der Waals surface area contributed by atoms with Crippen LogP contribution in [0.2, 0.25) is 0 Å². The lowest BCUT2D eigenvalue weighted by atomic mass is 9.90. The monoisotopic (exact) mass is 416 g/mol. The molecule has 0 spiro atoms. The molecule has 1 aliphatic heterocycles. The van der Waals surface area contributed by atoms with Crippen LogP contribution in [0.1, 0.15) is 27.0 Å². The molecule has 0 aliphatic carbocycles. The van der Waals surface area contributed by atoms with E-state index < -0.39 is 0 Å². The van der Waals surface area contributed by atoms with E-state index in [-0.39, 0.29) is 17.7 Å². The summed E-state index contributed by atoms with van der Waals surface area (Å²) in [6.45, 7) is 5.54. The molecule has 6 heteroatoms. The minimum Gasteiger partial charge on any atom is -0.354 e. The topological polar surface area (TPSA) is 67.2 Å². The van der Waals surface area contributed by atoms with E-state index in [0.717, 1.165) is 16.7 Å². The number of benzene rings is 2. The molecule has 1 fully saturated rings. The number of aromatic nitrogens is 2. The summed E-state index contributed by atoms with van der Waals surface area (Å²) in [6.07, 6.45) is 3.87. The van der Waals surface area contributed by atoms with Gasteiger partial charge in [0.2, 0.25) is 5.91 Å². The van der Waals surface area contributed by atoms with Crippen molar-refractivity contribution < 1.29 is 9.59 Å². The van der Waals surface area contributed by atoms with Gasteiger partial charge in [-0.2, -0.15) is 5.10 Å². The Hall–Kier alpha value is -3.41. The molecule has 0 bridgehead atoms. The first-order valence-electron chi connectivity index (χ1n) is 10.6. The molecule has 2 amide bonds. The molecule has 1 atom stereocenters. The van der Waals surface area contributed by atoms with Gasteiger partial charge >= 0.3 is 0 Å². The highest BCUT2D eigenvalue weighted by atomic mass is 16.2. The molecule has 1 aliphatic rings. The van der Waals surface area contributed by atoms with Gasteiger partial charge in [-0.05, 0) is 37.0 Å². The third kappa shape index (κ3) is 4.68. The smallest absolute Gasteiger partial charge is 0.257 e. The summed E-state index contributed by atoms with van der Waals surface area (Å²) in [7, 11) is 1.79. The van der Waals surface area contributed by atoms with E-state index in [4.69, 9.17) is 0 Å². The van der Waals surface area contributed by atoms with Crippen LogP contribution in [0.4, 0.5) is 0 Å². The number of hydrogen-bond donors (Lipinski definition) is 1. The maximum Gasteiger partial charge on any atom is 0.257 e. The van der Waals surface area contributed by atoms with Crippen LogP contribution in [0.3, 0.4) is 0 Å². The lowest BCUT2D eigenvalue weighted by Gasteiger charge is -2.23. The Morgan fingerprint density at radius 2 is 1.90 bits per heavy atom. The zero-order valence-electron chi connectivity index (χ0n) is 18.3. The van der Waals surface area contributed by atoms with Crippen LogP contribution >= 0.6 is 0 Å². The van der Waals surface area contributed by atoms with E-state index in [1.54, 1.807) is 29.0 Å². The lowest BCUT2D eigenvalue weighted by Crippen LogP contribution is -2.37. The van der Waals surface area contributed by atoms with Crippen molar-refractivity contribution in [2.24, 2.45) is 13.0 Å². The SMILES string of the molecule is Cc1cc(C)cc(-c2ccccc2C[C@H]2CN(C(=O)c3cnn(C)c3)CCNC2=O)c1. The highest BCUT2D eigenvalue weighted by Gasteiger charge is 2.29. The van der Waals surface area contributed by atoms with Crippen molar-refractivity contribution in [2.75, 3.05) is 19.6 Å². The number of aryl methyl sites for hydroxylation is 3. The van der Waals surface area contributed by atoms with Gasteiger partial charge in [-0.3, -0.25) is 14.3 Å². The van der Waals surface area contributed by atoms with E-state index in [0.29, 0.717) is 31.6 Å². The third-order valence-corrected chi connectivity index (χ3v) is 5.75. The van der Waals surface area contributed by atoms with Gasteiger partial charge in [0.05, 0.1) is 17.7 Å². The minimum atomic E-state index is -0.310. The van der Waals surface area contributed by atoms with Crippen LogP contribution in [0, 0.1) is 19.8 Å². The van der Waals surface area contributed by atoms with Crippen LogP contribution in [0.25, 0.3) is 11.1 Å². The van der Waals surface area contributed by atoms with E-state index in [1.165, 1.54) is 11.1 Å². The first-order chi connectivity index (χ1) is 14.9. The second-order valence-electron chi connectivity index (χ2n) is 8.38. The maximum absolute atomic E-state index is 13.0. The molecule has 31 heavy (non-hydrogen) atoms. The van der Waals surface area contributed by atoms with Crippen LogP contribution < -0.4 is 5.32 Å². The fourth-order valence-electron chi connectivity index (χ4n) is 4.33. The molecule has 2 aromatic carbocycles. The third-order valence-electron chi connectivity index (χ3n) is 5.75. The maximum atomic E-state index is 13.0. The highest BCUT2D eigenvalue weighted by molar-refractivity contribution is 5.94. The Bertz CT molecular complexity index is 1100. The van der Waals surface area contributed by atoms with Crippen LogP contribution in [0.15, 0.2) is 54.9 Å². The average Bonchev–Trinajstić information content (AvgIpc) is 3.09. The number of carbonyl (C=O) groups is 2. The van der Waals surface area contributed by atoms with Gasteiger partial charge in [0, 0.05) is 32.9 Å². The van der Waals surface area contributed by atoms with Gasteiger partial charge < -0.3 is 10.2 Å². The fourth-order valence-corrected chi connectivity index (χ4v) is 4.33. The Labute approximate surface area is 182 Å². The molecule has 0 radical (unpaired) electrons. The predicted octanol–water partition coefficient (Wildman–Crippen LogP) is 3.13. The van der Waals surface area contributed by atoms with Crippen molar-refractivity contribution in [3.8, 4) is 11.1 Å². The number of nitrogens with one attached hydrogen (secondary N) is 1. The van der Waals surface area contributed by atoms with Crippen LogP contribution in [0.5, 0.6) is 0 Å². The van der Waals surface area contributed by atoms with Crippen LogP contribution in [-0.4, -0.2) is 46.1 Å². The first kappa shape index (κ1) is 20.8. The molecular formula is C25H28N4O2. The fraction of sp³-hybridized carbons (Fsp3) is 0.320. The quantitative estimate of drug-likeness (QED) is 0.711. The molecule has 160 valence electrons. The summed E-state index contributed by atoms with van der Waals surface area (Å²) in [5.41, 5.74) is 6.38. The normalized spacial score (nSPS) is 16.7. The largest absolute Gasteiger partial charge is 0.354 e. The molecule has 3 aromatic rings. The summed E-state index contributed by atoms with van der Waals surface area (Å²) >= 11 is 0. The number of amides is 2. The zero-order chi connectivity index (χ0) is 22.0. The Morgan fingerprint density at radius 1 is 1.16 bits per heavy atom. The summed E-state index contributed by atoms with van der Waals surface area (Å²) in [4.78, 5) is 27.5. The molecular weight excluding hydrogens is 388 g/mol. The zero-order valence-corrected chi connectivity index (χ0v) is 18.3. The number of rotatable bonds is 4. The van der Waals surface area contributed by atoms with Crippen molar-refractivity contribution in [2.45, 2.75) is 20.3 Å². The molecule has 6 nitrogen and oxygen atoms in total. The van der Waals surface area contributed by atoms with E-state index in [9.17, 15) is 9.59 Å². The van der Waals surface area contributed by atoms with Crippen molar-refractivity contribution in [1.82, 2.24) is 20.0 Å². The molecule has 1 aromatic heterocycles. The number of hydrogen-bond acceptors (Lipinski definition) is 3. The van der Waals surface area contributed by atoms with E-state index in [1.807, 2.05) is 12.1 Å². The van der Waals surface area contributed by atoms with Crippen molar-refractivity contribution >= 4 is 11.8 Å². The van der Waals surface area contributed by atoms with Gasteiger partial charge in [0.1, 0.15) is 0 Å². The summed E-state index contributed by atoms with van der Waals surface area (Å²) in [5.74, 6) is -0.399. The van der Waals surface area contributed by atoms with Gasteiger partial charge in [0.25, 0.3) is 5.91 Å². The minimum absolute atomic E-state index is 0.00304. The molecule has 1 saturated heterocycles. The van der Waals surface area contributed by atoms with E-state index >= 15 is 0 Å². The molecule has 0 saturated carbocycles. The van der Waals surface area contributed by atoms with Crippen molar-refractivity contribution in [1.29, 1.82) is 0 Å². The second-order valence-corrected chi connectivity index (χ2v) is 8.38. The van der Waals surface area contributed by atoms with Crippen LogP contribution in [-0.2, 0) is 18.3 Å². The van der Waals surface area contributed by atoms with Crippen molar-refractivity contribution in [3.05, 3.63) is 77.1 Å². The van der Waals surface area contributed by atoms with Crippen molar-refractivity contribution in [3.63, 3.8) is 0 Å². The van der Waals surface area contributed by atoms with Gasteiger partial charge in [-0.25, -0.2) is 0 Å². The average molecular weight is 417 g/mol. The molecule has 0 unspecified atom stereocenters. The number of nitrogens with zero attached hydrogens (tertiary/aromatic N) is 3. The Balaban J connectivity index is 1.60. The Kier molecular flexibility index (Phi) is 5.89. The molecule has 4 rings (SSSR count). The number of carbonyl (C=O) groups excluding carboxylic acids is 2. The first-order valence-corrected chi connectivity index (χ1v) is 10.6. The predicted molar refractivity (Wildman–Crippen MR) is 121 cm³/mol. The van der Waals surface area contributed by atoms with Gasteiger partial charge in [-0.1, -0.05) is 53.6 Å². The van der Waals surface area contributed by atoms with Gasteiger partial charge in [0.15, 0.2) is 0 Å².